The molecule has 0 radical (unpaired) electrons. The van der Waals surface area contributed by atoms with Crippen LogP contribution in [0.15, 0.2) is 0 Å². The molecule has 1 aliphatic heterocycles. The molecule has 0 aromatic heterocycles. The normalized spacial score (nSPS) is 55.8. The molecule has 2 aliphatic carbocycles. The lowest BCUT2D eigenvalue weighted by Gasteiger charge is -2.42. The van der Waals surface area contributed by atoms with Crippen LogP contribution in [0.25, 0.3) is 0 Å². The van der Waals surface area contributed by atoms with Crippen molar-refractivity contribution in [1.29, 1.82) is 0 Å². The lowest BCUT2D eigenvalue weighted by Crippen LogP contribution is -2.52. The van der Waals surface area contributed by atoms with Crippen LogP contribution in [0.1, 0.15) is 25.7 Å². The van der Waals surface area contributed by atoms with E-state index in [9.17, 15) is 4.79 Å². The molecule has 2 bridgehead atoms. The summed E-state index contributed by atoms with van der Waals surface area (Å²) in [4.78, 5) is 11.1. The van der Waals surface area contributed by atoms with Crippen molar-refractivity contribution in [2.24, 2.45) is 11.3 Å². The van der Waals surface area contributed by atoms with Gasteiger partial charge in [0.2, 0.25) is 0 Å². The molecular formula is C8H10O2. The van der Waals surface area contributed by atoms with Gasteiger partial charge in [0.1, 0.15) is 11.5 Å². The van der Waals surface area contributed by atoms with Gasteiger partial charge in [-0.25, -0.2) is 0 Å². The van der Waals surface area contributed by atoms with Crippen LogP contribution in [-0.4, -0.2) is 12.1 Å². The van der Waals surface area contributed by atoms with Crippen LogP contribution in [0.4, 0.5) is 0 Å². The highest BCUT2D eigenvalue weighted by Gasteiger charge is 2.66. The number of carbonyl (C=O) groups excluding carboxylic acids is 1. The average molecular weight is 138 g/mol. The zero-order chi connectivity index (χ0) is 6.77. The van der Waals surface area contributed by atoms with E-state index in [2.05, 4.69) is 0 Å². The molecular weight excluding hydrogens is 128 g/mol. The summed E-state index contributed by atoms with van der Waals surface area (Å²) in [6, 6.07) is 0. The summed E-state index contributed by atoms with van der Waals surface area (Å²) in [5, 5.41) is 0. The minimum absolute atomic E-state index is 0.0463. The number of carbonyl (C=O) groups is 1. The van der Waals surface area contributed by atoms with E-state index in [4.69, 9.17) is 4.74 Å². The molecule has 0 N–H and O–H groups in total. The van der Waals surface area contributed by atoms with Gasteiger partial charge in [-0.1, -0.05) is 0 Å². The van der Waals surface area contributed by atoms with Crippen molar-refractivity contribution in [3.8, 4) is 0 Å². The van der Waals surface area contributed by atoms with Crippen LogP contribution in [0, 0.1) is 11.3 Å². The smallest absolute Gasteiger partial charge is 0.316 e. The van der Waals surface area contributed by atoms with Crippen LogP contribution < -0.4 is 0 Å². The Morgan fingerprint density at radius 3 is 3.00 bits per heavy atom. The van der Waals surface area contributed by atoms with E-state index in [1.807, 2.05) is 0 Å². The molecule has 3 fully saturated rings. The predicted octanol–water partition coefficient (Wildman–Crippen LogP) is 1.10. The number of hydrogen-bond donors (Lipinski definition) is 0. The summed E-state index contributed by atoms with van der Waals surface area (Å²) in [6.45, 7) is 0. The number of rotatable bonds is 0. The fraction of sp³-hybridized carbons (Fsp3) is 0.875. The highest BCUT2D eigenvalue weighted by molar-refractivity contribution is 5.84. The summed E-state index contributed by atoms with van der Waals surface area (Å²) >= 11 is 0. The largest absolute Gasteiger partial charge is 0.461 e. The monoisotopic (exact) mass is 138 g/mol. The minimum Gasteiger partial charge on any atom is -0.461 e. The third kappa shape index (κ3) is 0.337. The van der Waals surface area contributed by atoms with Crippen LogP contribution in [0.5, 0.6) is 0 Å². The molecule has 1 saturated heterocycles. The van der Waals surface area contributed by atoms with E-state index in [1.54, 1.807) is 0 Å². The van der Waals surface area contributed by atoms with E-state index >= 15 is 0 Å². The van der Waals surface area contributed by atoms with Gasteiger partial charge in [0.05, 0.1) is 0 Å². The molecule has 54 valence electrons. The molecule has 1 heterocycles. The highest BCUT2D eigenvalue weighted by Crippen LogP contribution is 2.61. The Kier molecular flexibility index (Phi) is 0.644. The summed E-state index contributed by atoms with van der Waals surface area (Å²) in [5.74, 6) is 0.911. The Hall–Kier alpha value is -0.530. The van der Waals surface area contributed by atoms with Crippen LogP contribution in [0.3, 0.4) is 0 Å². The predicted molar refractivity (Wildman–Crippen MR) is 34.3 cm³/mol. The van der Waals surface area contributed by atoms with Gasteiger partial charge in [0.25, 0.3) is 0 Å². The third-order valence-electron chi connectivity index (χ3n) is 3.47. The molecule has 1 spiro atoms. The maximum Gasteiger partial charge on any atom is 0.316 e. The molecule has 2 saturated carbocycles. The molecule has 2 heteroatoms. The third-order valence-corrected chi connectivity index (χ3v) is 3.47. The molecule has 0 aromatic carbocycles. The lowest BCUT2D eigenvalue weighted by molar-refractivity contribution is -0.202. The quantitative estimate of drug-likeness (QED) is 0.468. The van der Waals surface area contributed by atoms with E-state index in [0.717, 1.165) is 25.2 Å². The van der Waals surface area contributed by atoms with Crippen molar-refractivity contribution in [1.82, 2.24) is 0 Å². The topological polar surface area (TPSA) is 26.3 Å². The fourth-order valence-electron chi connectivity index (χ4n) is 2.87. The van der Waals surface area contributed by atoms with E-state index in [1.165, 1.54) is 6.42 Å². The number of esters is 1. The summed E-state index contributed by atoms with van der Waals surface area (Å²) in [5.41, 5.74) is 0.0463. The van der Waals surface area contributed by atoms with Crippen molar-refractivity contribution >= 4 is 5.97 Å². The summed E-state index contributed by atoms with van der Waals surface area (Å²) in [7, 11) is 0. The second kappa shape index (κ2) is 1.25. The van der Waals surface area contributed by atoms with E-state index in [-0.39, 0.29) is 11.4 Å². The Bertz CT molecular complexity index is 211. The molecule has 3 aliphatic rings. The van der Waals surface area contributed by atoms with Crippen molar-refractivity contribution in [2.45, 2.75) is 31.8 Å². The van der Waals surface area contributed by atoms with Gasteiger partial charge >= 0.3 is 5.97 Å². The molecule has 0 amide bonds. The molecule has 3 unspecified atom stereocenters. The zero-order valence-corrected chi connectivity index (χ0v) is 5.80. The van der Waals surface area contributed by atoms with Crippen molar-refractivity contribution < 1.29 is 9.53 Å². The van der Waals surface area contributed by atoms with Crippen molar-refractivity contribution in [3.05, 3.63) is 0 Å². The first-order chi connectivity index (χ1) is 4.81. The van der Waals surface area contributed by atoms with Crippen LogP contribution in [-0.2, 0) is 9.53 Å². The van der Waals surface area contributed by atoms with E-state index < -0.39 is 0 Å². The summed E-state index contributed by atoms with van der Waals surface area (Å²) in [6.07, 6.45) is 5.01. The maximum absolute atomic E-state index is 11.1. The van der Waals surface area contributed by atoms with Gasteiger partial charge in [-0.2, -0.15) is 0 Å². The van der Waals surface area contributed by atoms with Gasteiger partial charge in [-0.05, 0) is 31.6 Å². The number of fused-ring (bicyclic) bond motifs is 1. The lowest BCUT2D eigenvalue weighted by atomic mass is 9.77. The summed E-state index contributed by atoms with van der Waals surface area (Å²) < 4.78 is 5.05. The Labute approximate surface area is 59.6 Å². The first-order valence-electron chi connectivity index (χ1n) is 4.02. The van der Waals surface area contributed by atoms with Gasteiger partial charge in [0.15, 0.2) is 0 Å². The molecule has 0 aromatic rings. The van der Waals surface area contributed by atoms with Crippen LogP contribution in [0.2, 0.25) is 0 Å². The molecule has 3 rings (SSSR count). The highest BCUT2D eigenvalue weighted by atomic mass is 16.6. The Morgan fingerprint density at radius 2 is 2.50 bits per heavy atom. The second-order valence-corrected chi connectivity index (χ2v) is 3.89. The molecule has 2 nitrogen and oxygen atoms in total. The average Bonchev–Trinajstić information content (AvgIpc) is 2.43. The van der Waals surface area contributed by atoms with E-state index in [0.29, 0.717) is 6.10 Å². The maximum atomic E-state index is 11.1. The van der Waals surface area contributed by atoms with Gasteiger partial charge in [-0.3, -0.25) is 4.79 Å². The Morgan fingerprint density at radius 1 is 1.60 bits per heavy atom. The van der Waals surface area contributed by atoms with Crippen molar-refractivity contribution in [3.63, 3.8) is 0 Å². The standard InChI is InChI=1S/C8H10O2/c9-7-8-2-1-5(4-8)3-6(8)10-7/h5-6H,1-4H2. The van der Waals surface area contributed by atoms with Crippen LogP contribution >= 0.6 is 0 Å². The van der Waals surface area contributed by atoms with Gasteiger partial charge < -0.3 is 4.74 Å². The zero-order valence-electron chi connectivity index (χ0n) is 5.80. The fourth-order valence-corrected chi connectivity index (χ4v) is 2.87. The number of ether oxygens (including phenoxy) is 1. The second-order valence-electron chi connectivity index (χ2n) is 3.89. The van der Waals surface area contributed by atoms with Crippen molar-refractivity contribution in [2.75, 3.05) is 0 Å². The molecule has 3 atom stereocenters. The SMILES string of the molecule is O=C1OC2CC3CCC12C3. The van der Waals surface area contributed by atoms with Gasteiger partial charge in [-0.15, -0.1) is 0 Å². The Balaban J connectivity index is 2.05. The minimum atomic E-state index is 0.0463. The number of hydrogen-bond acceptors (Lipinski definition) is 2. The first kappa shape index (κ1) is 5.16. The first-order valence-corrected chi connectivity index (χ1v) is 4.02. The molecule has 10 heavy (non-hydrogen) atoms. The van der Waals surface area contributed by atoms with Gasteiger partial charge in [0, 0.05) is 0 Å².